The van der Waals surface area contributed by atoms with Gasteiger partial charge in [0, 0.05) is 0 Å². The van der Waals surface area contributed by atoms with E-state index >= 15 is 0 Å². The van der Waals surface area contributed by atoms with E-state index in [9.17, 15) is 35.9 Å². The molecule has 150 valence electrons. The third kappa shape index (κ3) is 5.24. The van der Waals surface area contributed by atoms with Crippen molar-refractivity contribution in [2.75, 3.05) is 5.32 Å². The number of esters is 1. The largest absolute Gasteiger partial charge is 0.452 e. The highest BCUT2D eigenvalue weighted by molar-refractivity contribution is 5.95. The Morgan fingerprint density at radius 2 is 1.75 bits per heavy atom. The minimum absolute atomic E-state index is 0.0130. The second kappa shape index (κ2) is 8.32. The zero-order valence-corrected chi connectivity index (χ0v) is 14.2. The van der Waals surface area contributed by atoms with Crippen molar-refractivity contribution in [1.82, 2.24) is 0 Å². The average molecular weight is 405 g/mol. The van der Waals surface area contributed by atoms with Gasteiger partial charge in [0.1, 0.15) is 0 Å². The number of carbonyl (C=O) groups excluding carboxylic acids is 2. The Morgan fingerprint density at radius 1 is 1.07 bits per heavy atom. The van der Waals surface area contributed by atoms with Gasteiger partial charge in [-0.2, -0.15) is 13.2 Å². The average Bonchev–Trinajstić information content (AvgIpc) is 2.61. The van der Waals surface area contributed by atoms with Crippen LogP contribution in [0.15, 0.2) is 36.4 Å². The molecule has 0 unspecified atom stereocenters. The standard InChI is InChI=1S/C18H13F6NO3/c1-9(17(27)25-13-6-5-12(19)15(20)16(13)21)28-14(26)8-10-3-2-4-11(7-10)18(22,23)24/h2-7,9H,8H2,1H3,(H,25,27)/t9-/m0/s1. The van der Waals surface area contributed by atoms with Gasteiger partial charge < -0.3 is 10.1 Å². The van der Waals surface area contributed by atoms with Crippen molar-refractivity contribution in [3.05, 3.63) is 65.0 Å². The van der Waals surface area contributed by atoms with Crippen molar-refractivity contribution >= 4 is 17.6 Å². The van der Waals surface area contributed by atoms with Crippen LogP contribution >= 0.6 is 0 Å². The zero-order valence-electron chi connectivity index (χ0n) is 14.2. The van der Waals surface area contributed by atoms with Crippen LogP contribution in [-0.2, 0) is 26.9 Å². The van der Waals surface area contributed by atoms with Gasteiger partial charge in [-0.3, -0.25) is 9.59 Å². The van der Waals surface area contributed by atoms with Crippen molar-refractivity contribution in [3.8, 4) is 0 Å². The number of hydrogen-bond donors (Lipinski definition) is 1. The Hall–Kier alpha value is -3.04. The second-order valence-corrected chi connectivity index (χ2v) is 5.72. The molecule has 0 saturated carbocycles. The molecule has 0 fully saturated rings. The fourth-order valence-electron chi connectivity index (χ4n) is 2.17. The van der Waals surface area contributed by atoms with E-state index in [4.69, 9.17) is 4.74 Å². The van der Waals surface area contributed by atoms with Gasteiger partial charge in [0.05, 0.1) is 17.7 Å². The fourth-order valence-corrected chi connectivity index (χ4v) is 2.17. The molecule has 2 aromatic carbocycles. The molecule has 4 nitrogen and oxygen atoms in total. The SMILES string of the molecule is C[C@H](OC(=O)Cc1cccc(C(F)(F)F)c1)C(=O)Nc1ccc(F)c(F)c1F. The Morgan fingerprint density at radius 3 is 2.39 bits per heavy atom. The lowest BCUT2D eigenvalue weighted by atomic mass is 10.1. The van der Waals surface area contributed by atoms with Crippen LogP contribution in [0.2, 0.25) is 0 Å². The van der Waals surface area contributed by atoms with Crippen LogP contribution in [-0.4, -0.2) is 18.0 Å². The minimum Gasteiger partial charge on any atom is -0.452 e. The first-order valence-corrected chi connectivity index (χ1v) is 7.79. The molecule has 0 saturated heterocycles. The summed E-state index contributed by atoms with van der Waals surface area (Å²) in [6, 6.07) is 5.37. The number of alkyl halides is 3. The number of ether oxygens (including phenoxy) is 1. The summed E-state index contributed by atoms with van der Waals surface area (Å²) in [5, 5.41) is 1.93. The first-order valence-electron chi connectivity index (χ1n) is 7.79. The molecule has 2 rings (SSSR count). The third-order valence-corrected chi connectivity index (χ3v) is 3.57. The van der Waals surface area contributed by atoms with Gasteiger partial charge >= 0.3 is 12.1 Å². The molecule has 1 atom stereocenters. The van der Waals surface area contributed by atoms with E-state index in [1.165, 1.54) is 6.07 Å². The molecule has 2 aromatic rings. The second-order valence-electron chi connectivity index (χ2n) is 5.72. The maximum absolute atomic E-state index is 13.5. The van der Waals surface area contributed by atoms with E-state index in [1.54, 1.807) is 0 Å². The molecular formula is C18H13F6NO3. The van der Waals surface area contributed by atoms with E-state index < -0.39 is 59.3 Å². The van der Waals surface area contributed by atoms with Gasteiger partial charge in [0.2, 0.25) is 0 Å². The topological polar surface area (TPSA) is 55.4 Å². The number of amides is 1. The van der Waals surface area contributed by atoms with Gasteiger partial charge in [-0.25, -0.2) is 13.2 Å². The molecule has 1 N–H and O–H groups in total. The van der Waals surface area contributed by atoms with Crippen molar-refractivity contribution in [1.29, 1.82) is 0 Å². The van der Waals surface area contributed by atoms with Crippen LogP contribution < -0.4 is 5.32 Å². The van der Waals surface area contributed by atoms with Crippen molar-refractivity contribution < 1.29 is 40.7 Å². The molecule has 0 aromatic heterocycles. The Bertz CT molecular complexity index is 897. The molecule has 0 heterocycles. The molecule has 0 bridgehead atoms. The fraction of sp³-hybridized carbons (Fsp3) is 0.222. The molecule has 1 amide bonds. The highest BCUT2D eigenvalue weighted by Gasteiger charge is 2.30. The minimum atomic E-state index is -4.58. The summed E-state index contributed by atoms with van der Waals surface area (Å²) in [7, 11) is 0. The lowest BCUT2D eigenvalue weighted by Gasteiger charge is -2.14. The van der Waals surface area contributed by atoms with Crippen molar-refractivity contribution in [2.24, 2.45) is 0 Å². The molecule has 10 heteroatoms. The van der Waals surface area contributed by atoms with Crippen molar-refractivity contribution in [2.45, 2.75) is 25.6 Å². The number of halogens is 6. The van der Waals surface area contributed by atoms with Gasteiger partial charge in [0.15, 0.2) is 23.6 Å². The smallest absolute Gasteiger partial charge is 0.416 e. The molecule has 0 aliphatic carbocycles. The summed E-state index contributed by atoms with van der Waals surface area (Å²) in [6.45, 7) is 1.12. The zero-order chi connectivity index (χ0) is 21.1. The summed E-state index contributed by atoms with van der Waals surface area (Å²) in [5.41, 5.74) is -1.60. The Balaban J connectivity index is 1.99. The Kier molecular flexibility index (Phi) is 6.32. The summed E-state index contributed by atoms with van der Waals surface area (Å²) in [4.78, 5) is 23.8. The van der Waals surface area contributed by atoms with E-state index in [2.05, 4.69) is 0 Å². The van der Waals surface area contributed by atoms with Crippen LogP contribution in [0.5, 0.6) is 0 Å². The summed E-state index contributed by atoms with van der Waals surface area (Å²) >= 11 is 0. The van der Waals surface area contributed by atoms with E-state index in [1.807, 2.05) is 5.32 Å². The van der Waals surface area contributed by atoms with Gasteiger partial charge in [-0.05, 0) is 30.7 Å². The van der Waals surface area contributed by atoms with Gasteiger partial charge in [-0.15, -0.1) is 0 Å². The quantitative estimate of drug-likeness (QED) is 0.460. The molecule has 0 aliphatic rings. The van der Waals surface area contributed by atoms with Crippen LogP contribution in [0.1, 0.15) is 18.1 Å². The van der Waals surface area contributed by atoms with E-state index in [0.717, 1.165) is 31.2 Å². The number of anilines is 1. The lowest BCUT2D eigenvalue weighted by molar-refractivity contribution is -0.152. The molecule has 28 heavy (non-hydrogen) atoms. The highest BCUT2D eigenvalue weighted by Crippen LogP contribution is 2.29. The number of carbonyl (C=O) groups is 2. The highest BCUT2D eigenvalue weighted by atomic mass is 19.4. The van der Waals surface area contributed by atoms with Crippen molar-refractivity contribution in [3.63, 3.8) is 0 Å². The van der Waals surface area contributed by atoms with Crippen LogP contribution in [0, 0.1) is 17.5 Å². The first-order chi connectivity index (χ1) is 13.0. The normalized spacial score (nSPS) is 12.4. The predicted octanol–water partition coefficient (Wildman–Crippen LogP) is 4.24. The summed E-state index contributed by atoms with van der Waals surface area (Å²) in [6.07, 6.45) is -6.59. The summed E-state index contributed by atoms with van der Waals surface area (Å²) < 4.78 is 82.3. The van der Waals surface area contributed by atoms with Crippen LogP contribution in [0.3, 0.4) is 0 Å². The van der Waals surface area contributed by atoms with Gasteiger partial charge in [-0.1, -0.05) is 18.2 Å². The number of hydrogen-bond acceptors (Lipinski definition) is 3. The van der Waals surface area contributed by atoms with Crippen LogP contribution in [0.25, 0.3) is 0 Å². The number of nitrogens with one attached hydrogen (secondary N) is 1. The molecule has 0 spiro atoms. The van der Waals surface area contributed by atoms with E-state index in [-0.39, 0.29) is 5.56 Å². The first kappa shape index (κ1) is 21.3. The molecule has 0 aliphatic heterocycles. The number of benzene rings is 2. The Labute approximate surface area is 155 Å². The van der Waals surface area contributed by atoms with Gasteiger partial charge in [0.25, 0.3) is 5.91 Å². The maximum atomic E-state index is 13.5. The maximum Gasteiger partial charge on any atom is 0.416 e. The van der Waals surface area contributed by atoms with E-state index in [0.29, 0.717) is 6.07 Å². The number of rotatable bonds is 5. The molecular weight excluding hydrogens is 392 g/mol. The summed E-state index contributed by atoms with van der Waals surface area (Å²) in [5.74, 6) is -6.91. The third-order valence-electron chi connectivity index (χ3n) is 3.57. The molecule has 0 radical (unpaired) electrons. The predicted molar refractivity (Wildman–Crippen MR) is 85.6 cm³/mol. The van der Waals surface area contributed by atoms with Crippen LogP contribution in [0.4, 0.5) is 32.0 Å². The lowest BCUT2D eigenvalue weighted by Crippen LogP contribution is -2.31. The monoisotopic (exact) mass is 405 g/mol.